The molecule has 0 atom stereocenters. The molecule has 0 aliphatic carbocycles. The van der Waals surface area contributed by atoms with Crippen LogP contribution in [-0.2, 0) is 16.6 Å². The van der Waals surface area contributed by atoms with Crippen LogP contribution in [-0.4, -0.2) is 8.42 Å². The Labute approximate surface area is 125 Å². The Kier molecular flexibility index (Phi) is 4.42. The molecule has 0 aliphatic rings. The SMILES string of the molecule is Nc1cc(S(=O)(=O)NCc2cccc(F)c2)ccc1Br. The van der Waals surface area contributed by atoms with Gasteiger partial charge in [0.1, 0.15) is 5.82 Å². The molecule has 0 spiro atoms. The Balaban J connectivity index is 2.17. The van der Waals surface area contributed by atoms with Crippen LogP contribution in [0.1, 0.15) is 5.56 Å². The Morgan fingerprint density at radius 3 is 2.60 bits per heavy atom. The van der Waals surface area contributed by atoms with Crippen molar-refractivity contribution in [1.29, 1.82) is 0 Å². The van der Waals surface area contributed by atoms with Crippen molar-refractivity contribution >= 4 is 31.6 Å². The third-order valence-electron chi connectivity index (χ3n) is 2.63. The summed E-state index contributed by atoms with van der Waals surface area (Å²) in [5, 5.41) is 0. The molecule has 0 heterocycles. The van der Waals surface area contributed by atoms with Crippen molar-refractivity contribution in [2.45, 2.75) is 11.4 Å². The minimum atomic E-state index is -3.68. The molecule has 0 saturated heterocycles. The number of anilines is 1. The number of hydrogen-bond donors (Lipinski definition) is 2. The zero-order valence-electron chi connectivity index (χ0n) is 10.3. The van der Waals surface area contributed by atoms with Crippen LogP contribution in [0.3, 0.4) is 0 Å². The zero-order chi connectivity index (χ0) is 14.8. The number of rotatable bonds is 4. The van der Waals surface area contributed by atoms with E-state index in [4.69, 9.17) is 5.73 Å². The topological polar surface area (TPSA) is 72.2 Å². The van der Waals surface area contributed by atoms with E-state index >= 15 is 0 Å². The van der Waals surface area contributed by atoms with Gasteiger partial charge < -0.3 is 5.73 Å². The summed E-state index contributed by atoms with van der Waals surface area (Å²) in [5.74, 6) is -0.408. The number of nitrogens with one attached hydrogen (secondary N) is 1. The van der Waals surface area contributed by atoms with Crippen LogP contribution in [0.5, 0.6) is 0 Å². The van der Waals surface area contributed by atoms with E-state index in [9.17, 15) is 12.8 Å². The third-order valence-corrected chi connectivity index (χ3v) is 4.75. The van der Waals surface area contributed by atoms with Gasteiger partial charge in [-0.3, -0.25) is 0 Å². The highest BCUT2D eigenvalue weighted by Crippen LogP contribution is 2.22. The number of nitrogen functional groups attached to an aromatic ring is 1. The Hall–Kier alpha value is -1.44. The molecular weight excluding hydrogens is 347 g/mol. The largest absolute Gasteiger partial charge is 0.398 e. The highest BCUT2D eigenvalue weighted by Gasteiger charge is 2.14. The van der Waals surface area contributed by atoms with Gasteiger partial charge in [0.05, 0.1) is 4.90 Å². The fourth-order valence-electron chi connectivity index (χ4n) is 1.60. The third kappa shape index (κ3) is 3.56. The molecule has 0 bridgehead atoms. The molecule has 0 unspecified atom stereocenters. The van der Waals surface area contributed by atoms with Crippen molar-refractivity contribution in [2.75, 3.05) is 5.73 Å². The van der Waals surface area contributed by atoms with Gasteiger partial charge in [-0.15, -0.1) is 0 Å². The molecule has 4 nitrogen and oxygen atoms in total. The number of nitrogens with two attached hydrogens (primary N) is 1. The lowest BCUT2D eigenvalue weighted by Gasteiger charge is -2.08. The van der Waals surface area contributed by atoms with Crippen molar-refractivity contribution in [1.82, 2.24) is 4.72 Å². The van der Waals surface area contributed by atoms with Crippen LogP contribution >= 0.6 is 15.9 Å². The maximum Gasteiger partial charge on any atom is 0.240 e. The summed E-state index contributed by atoms with van der Waals surface area (Å²) in [5.41, 5.74) is 6.53. The van der Waals surface area contributed by atoms with Gasteiger partial charge in [-0.25, -0.2) is 17.5 Å². The minimum absolute atomic E-state index is 0.00998. The second-order valence-corrected chi connectivity index (χ2v) is 6.76. The van der Waals surface area contributed by atoms with Gasteiger partial charge in [0.2, 0.25) is 10.0 Å². The lowest BCUT2D eigenvalue weighted by molar-refractivity contribution is 0.580. The van der Waals surface area contributed by atoms with Crippen molar-refractivity contribution < 1.29 is 12.8 Å². The molecule has 0 fully saturated rings. The van der Waals surface area contributed by atoms with E-state index in [1.165, 1.54) is 30.3 Å². The average molecular weight is 359 g/mol. The van der Waals surface area contributed by atoms with Gasteiger partial charge in [-0.05, 0) is 51.8 Å². The molecule has 106 valence electrons. The van der Waals surface area contributed by atoms with Crippen LogP contribution in [0.15, 0.2) is 51.8 Å². The lowest BCUT2D eigenvalue weighted by atomic mass is 10.2. The normalized spacial score (nSPS) is 11.5. The fourth-order valence-corrected chi connectivity index (χ4v) is 2.90. The van der Waals surface area contributed by atoms with E-state index in [2.05, 4.69) is 20.7 Å². The Bertz CT molecular complexity index is 735. The predicted octanol–water partition coefficient (Wildman–Crippen LogP) is 2.65. The van der Waals surface area contributed by atoms with E-state index in [0.717, 1.165) is 0 Å². The Morgan fingerprint density at radius 1 is 1.20 bits per heavy atom. The summed E-state index contributed by atoms with van der Waals surface area (Å²) >= 11 is 3.20. The monoisotopic (exact) mass is 358 g/mol. The minimum Gasteiger partial charge on any atom is -0.398 e. The van der Waals surface area contributed by atoms with Crippen molar-refractivity contribution in [2.24, 2.45) is 0 Å². The van der Waals surface area contributed by atoms with E-state index in [-0.39, 0.29) is 11.4 Å². The van der Waals surface area contributed by atoms with E-state index in [1.807, 2.05) is 0 Å². The first-order chi connectivity index (χ1) is 9.38. The van der Waals surface area contributed by atoms with Gasteiger partial charge in [-0.1, -0.05) is 12.1 Å². The van der Waals surface area contributed by atoms with Crippen molar-refractivity contribution in [3.05, 3.63) is 58.3 Å². The number of halogens is 2. The molecule has 2 rings (SSSR count). The van der Waals surface area contributed by atoms with E-state index < -0.39 is 15.8 Å². The first-order valence-electron chi connectivity index (χ1n) is 5.67. The first kappa shape index (κ1) is 15.0. The van der Waals surface area contributed by atoms with E-state index in [1.54, 1.807) is 12.1 Å². The molecule has 0 aliphatic heterocycles. The maximum atomic E-state index is 13.0. The second kappa shape index (κ2) is 5.90. The van der Waals surface area contributed by atoms with Crippen LogP contribution < -0.4 is 10.5 Å². The van der Waals surface area contributed by atoms with Gasteiger partial charge >= 0.3 is 0 Å². The summed E-state index contributed by atoms with van der Waals surface area (Å²) in [7, 11) is -3.68. The van der Waals surface area contributed by atoms with Crippen LogP contribution in [0.4, 0.5) is 10.1 Å². The van der Waals surface area contributed by atoms with Crippen molar-refractivity contribution in [3.8, 4) is 0 Å². The first-order valence-corrected chi connectivity index (χ1v) is 7.95. The summed E-state index contributed by atoms with van der Waals surface area (Å²) < 4.78 is 40.2. The molecule has 3 N–H and O–H groups in total. The summed E-state index contributed by atoms with van der Waals surface area (Å²) in [4.78, 5) is 0.0644. The number of hydrogen-bond acceptors (Lipinski definition) is 3. The highest BCUT2D eigenvalue weighted by molar-refractivity contribution is 9.10. The molecule has 0 amide bonds. The standard InChI is InChI=1S/C13H12BrFN2O2S/c14-12-5-4-11(7-13(12)16)20(18,19)17-8-9-2-1-3-10(15)6-9/h1-7,17H,8,16H2. The molecular formula is C13H12BrFN2O2S. The molecule has 0 aromatic heterocycles. The van der Waals surface area contributed by atoms with Gasteiger partial charge in [0.25, 0.3) is 0 Å². The molecule has 0 saturated carbocycles. The quantitative estimate of drug-likeness (QED) is 0.825. The molecule has 20 heavy (non-hydrogen) atoms. The fraction of sp³-hybridized carbons (Fsp3) is 0.0769. The lowest BCUT2D eigenvalue weighted by Crippen LogP contribution is -2.23. The van der Waals surface area contributed by atoms with Crippen LogP contribution in [0.2, 0.25) is 0 Å². The van der Waals surface area contributed by atoms with Gasteiger partial charge in [0, 0.05) is 16.7 Å². The summed E-state index contributed by atoms with van der Waals surface area (Å²) in [6, 6.07) is 10.1. The molecule has 0 radical (unpaired) electrons. The van der Waals surface area contributed by atoms with Gasteiger partial charge in [-0.2, -0.15) is 0 Å². The number of sulfonamides is 1. The molecule has 2 aromatic carbocycles. The van der Waals surface area contributed by atoms with Crippen molar-refractivity contribution in [3.63, 3.8) is 0 Å². The highest BCUT2D eigenvalue weighted by atomic mass is 79.9. The molecule has 2 aromatic rings. The second-order valence-electron chi connectivity index (χ2n) is 4.14. The van der Waals surface area contributed by atoms with Crippen LogP contribution in [0, 0.1) is 5.82 Å². The smallest absolute Gasteiger partial charge is 0.240 e. The zero-order valence-corrected chi connectivity index (χ0v) is 12.7. The summed E-state index contributed by atoms with van der Waals surface area (Å²) in [6.07, 6.45) is 0. The van der Waals surface area contributed by atoms with Crippen LogP contribution in [0.25, 0.3) is 0 Å². The predicted molar refractivity (Wildman–Crippen MR) is 79.0 cm³/mol. The average Bonchev–Trinajstić information content (AvgIpc) is 2.40. The Morgan fingerprint density at radius 2 is 1.95 bits per heavy atom. The maximum absolute atomic E-state index is 13.0. The van der Waals surface area contributed by atoms with E-state index in [0.29, 0.717) is 15.7 Å². The summed E-state index contributed by atoms with van der Waals surface area (Å²) in [6.45, 7) is 0.00998. The number of benzene rings is 2. The molecule has 7 heteroatoms. The van der Waals surface area contributed by atoms with Gasteiger partial charge in [0.15, 0.2) is 0 Å².